The number of rotatable bonds is 4. The summed E-state index contributed by atoms with van der Waals surface area (Å²) in [5.74, 6) is -0.830. The Hall–Kier alpha value is -1.33. The molecule has 2 unspecified atom stereocenters. The molecule has 0 aliphatic rings. The van der Waals surface area contributed by atoms with Gasteiger partial charge in [0.15, 0.2) is 0 Å². The van der Waals surface area contributed by atoms with Crippen molar-refractivity contribution in [2.45, 2.75) is 25.9 Å². The Kier molecular flexibility index (Phi) is 4.04. The normalized spacial score (nSPS) is 14.4. The van der Waals surface area contributed by atoms with Crippen LogP contribution in [0.3, 0.4) is 0 Å². The summed E-state index contributed by atoms with van der Waals surface area (Å²) in [7, 11) is 0. The molecule has 2 atom stereocenters. The third-order valence-electron chi connectivity index (χ3n) is 2.82. The number of benzene rings is 1. The van der Waals surface area contributed by atoms with E-state index in [9.17, 15) is 8.78 Å². The number of hydrogen-bond acceptors (Lipinski definition) is 3. The van der Waals surface area contributed by atoms with Gasteiger partial charge in [0.1, 0.15) is 11.6 Å². The minimum atomic E-state index is -0.429. The zero-order valence-corrected chi connectivity index (χ0v) is 11.0. The lowest BCUT2D eigenvalue weighted by Gasteiger charge is -2.19. The van der Waals surface area contributed by atoms with Crippen LogP contribution in [0.15, 0.2) is 29.1 Å². The highest BCUT2D eigenvalue weighted by atomic mass is 32.1. The Balaban J connectivity index is 2.12. The van der Waals surface area contributed by atoms with Crippen molar-refractivity contribution in [1.82, 2.24) is 10.3 Å². The fourth-order valence-corrected chi connectivity index (χ4v) is 2.48. The Morgan fingerprint density at radius 1 is 1.22 bits per heavy atom. The molecular formula is C13H14F2N2S. The molecule has 0 saturated heterocycles. The molecule has 0 radical (unpaired) electrons. The van der Waals surface area contributed by atoms with E-state index < -0.39 is 11.6 Å². The molecule has 2 rings (SSSR count). The second-order valence-corrected chi connectivity index (χ2v) is 4.91. The van der Waals surface area contributed by atoms with Gasteiger partial charge >= 0.3 is 0 Å². The van der Waals surface area contributed by atoms with Gasteiger partial charge in [-0.3, -0.25) is 0 Å². The van der Waals surface area contributed by atoms with Crippen LogP contribution in [0, 0.1) is 11.6 Å². The number of halogens is 2. The van der Waals surface area contributed by atoms with Crippen LogP contribution in [-0.2, 0) is 0 Å². The van der Waals surface area contributed by atoms with Crippen LogP contribution in [0.1, 0.15) is 37.2 Å². The molecule has 96 valence electrons. The van der Waals surface area contributed by atoms with Gasteiger partial charge in [-0.1, -0.05) is 0 Å². The maximum absolute atomic E-state index is 13.6. The molecule has 0 fully saturated rings. The second kappa shape index (κ2) is 5.54. The minimum Gasteiger partial charge on any atom is -0.302 e. The first-order valence-corrected chi connectivity index (χ1v) is 6.61. The van der Waals surface area contributed by atoms with Gasteiger partial charge in [0.2, 0.25) is 0 Å². The highest BCUT2D eigenvalue weighted by Crippen LogP contribution is 2.22. The van der Waals surface area contributed by atoms with Crippen molar-refractivity contribution < 1.29 is 8.78 Å². The van der Waals surface area contributed by atoms with E-state index in [4.69, 9.17) is 0 Å². The smallest absolute Gasteiger partial charge is 0.128 e. The molecule has 0 spiro atoms. The number of aromatic nitrogens is 1. The standard InChI is InChI=1S/C13H14F2N2S/c1-8(11-5-10(14)3-4-12(11)15)17-9(2)13-6-18-7-16-13/h3-9,17H,1-2H3. The van der Waals surface area contributed by atoms with Crippen LogP contribution in [0.25, 0.3) is 0 Å². The van der Waals surface area contributed by atoms with Gasteiger partial charge in [-0.15, -0.1) is 11.3 Å². The zero-order valence-electron chi connectivity index (χ0n) is 10.2. The van der Waals surface area contributed by atoms with E-state index in [1.54, 1.807) is 12.4 Å². The summed E-state index contributed by atoms with van der Waals surface area (Å²) >= 11 is 1.51. The van der Waals surface area contributed by atoms with E-state index in [2.05, 4.69) is 10.3 Å². The first kappa shape index (κ1) is 13.1. The fourth-order valence-electron chi connectivity index (χ4n) is 1.83. The van der Waals surface area contributed by atoms with Crippen molar-refractivity contribution in [2.24, 2.45) is 0 Å². The van der Waals surface area contributed by atoms with Crippen LogP contribution in [-0.4, -0.2) is 4.98 Å². The minimum absolute atomic E-state index is 0.00563. The molecule has 0 saturated carbocycles. The fraction of sp³-hybridized carbons (Fsp3) is 0.308. The van der Waals surface area contributed by atoms with Gasteiger partial charge in [-0.25, -0.2) is 13.8 Å². The largest absolute Gasteiger partial charge is 0.302 e. The average molecular weight is 268 g/mol. The molecule has 1 heterocycles. The predicted molar refractivity (Wildman–Crippen MR) is 68.4 cm³/mol. The molecule has 18 heavy (non-hydrogen) atoms. The molecular weight excluding hydrogens is 254 g/mol. The summed E-state index contributed by atoms with van der Waals surface area (Å²) in [5, 5.41) is 5.14. The lowest BCUT2D eigenvalue weighted by Crippen LogP contribution is -2.23. The van der Waals surface area contributed by atoms with E-state index in [1.807, 2.05) is 12.3 Å². The Morgan fingerprint density at radius 3 is 2.67 bits per heavy atom. The highest BCUT2D eigenvalue weighted by molar-refractivity contribution is 7.07. The van der Waals surface area contributed by atoms with E-state index in [0.717, 1.165) is 17.8 Å². The number of nitrogens with one attached hydrogen (secondary N) is 1. The predicted octanol–water partition coefficient (Wildman–Crippen LogP) is 3.83. The van der Waals surface area contributed by atoms with Gasteiger partial charge in [-0.2, -0.15) is 0 Å². The summed E-state index contributed by atoms with van der Waals surface area (Å²) in [6.45, 7) is 3.75. The van der Waals surface area contributed by atoms with Crippen LogP contribution >= 0.6 is 11.3 Å². The molecule has 0 amide bonds. The van der Waals surface area contributed by atoms with Crippen LogP contribution in [0.2, 0.25) is 0 Å². The van der Waals surface area contributed by atoms with Crippen molar-refractivity contribution in [3.05, 3.63) is 52.0 Å². The van der Waals surface area contributed by atoms with Crippen molar-refractivity contribution in [2.75, 3.05) is 0 Å². The highest BCUT2D eigenvalue weighted by Gasteiger charge is 2.16. The number of nitrogens with zero attached hydrogens (tertiary/aromatic N) is 1. The lowest BCUT2D eigenvalue weighted by molar-refractivity contribution is 0.465. The molecule has 5 heteroatoms. The van der Waals surface area contributed by atoms with E-state index in [1.165, 1.54) is 17.4 Å². The number of thiazole rings is 1. The molecule has 1 N–H and O–H groups in total. The summed E-state index contributed by atoms with van der Waals surface area (Å²) in [6, 6.07) is 3.21. The maximum Gasteiger partial charge on any atom is 0.128 e. The SMILES string of the molecule is CC(NC(C)c1cc(F)ccc1F)c1cscn1. The van der Waals surface area contributed by atoms with Gasteiger partial charge in [0, 0.05) is 23.0 Å². The maximum atomic E-state index is 13.6. The first-order valence-electron chi connectivity index (χ1n) is 5.67. The zero-order chi connectivity index (χ0) is 13.1. The average Bonchev–Trinajstić information content (AvgIpc) is 2.85. The van der Waals surface area contributed by atoms with Gasteiger partial charge in [-0.05, 0) is 32.0 Å². The van der Waals surface area contributed by atoms with Crippen molar-refractivity contribution in [1.29, 1.82) is 0 Å². The molecule has 1 aromatic carbocycles. The van der Waals surface area contributed by atoms with Crippen molar-refractivity contribution in [3.63, 3.8) is 0 Å². The topological polar surface area (TPSA) is 24.9 Å². The molecule has 0 bridgehead atoms. The molecule has 0 aliphatic carbocycles. The Labute approximate surface area is 109 Å². The van der Waals surface area contributed by atoms with Gasteiger partial charge in [0.25, 0.3) is 0 Å². The quantitative estimate of drug-likeness (QED) is 0.911. The number of hydrogen-bond donors (Lipinski definition) is 1. The Morgan fingerprint density at radius 2 is 2.00 bits per heavy atom. The molecule has 0 aliphatic heterocycles. The van der Waals surface area contributed by atoms with Crippen molar-refractivity contribution in [3.8, 4) is 0 Å². The first-order chi connectivity index (χ1) is 8.58. The second-order valence-electron chi connectivity index (χ2n) is 4.19. The van der Waals surface area contributed by atoms with E-state index in [0.29, 0.717) is 5.56 Å². The lowest BCUT2D eigenvalue weighted by atomic mass is 10.1. The molecule has 1 aromatic heterocycles. The summed E-state index contributed by atoms with van der Waals surface area (Å²) in [6.07, 6.45) is 0. The summed E-state index contributed by atoms with van der Waals surface area (Å²) in [5.41, 5.74) is 2.99. The van der Waals surface area contributed by atoms with Crippen LogP contribution in [0.5, 0.6) is 0 Å². The third-order valence-corrected chi connectivity index (χ3v) is 3.42. The van der Waals surface area contributed by atoms with Gasteiger partial charge < -0.3 is 5.32 Å². The summed E-state index contributed by atoms with van der Waals surface area (Å²) < 4.78 is 26.7. The van der Waals surface area contributed by atoms with Crippen LogP contribution in [0.4, 0.5) is 8.78 Å². The Bertz CT molecular complexity index is 514. The van der Waals surface area contributed by atoms with E-state index in [-0.39, 0.29) is 12.1 Å². The molecule has 2 aromatic rings. The molecule has 2 nitrogen and oxygen atoms in total. The third kappa shape index (κ3) is 2.91. The monoisotopic (exact) mass is 268 g/mol. The van der Waals surface area contributed by atoms with Crippen LogP contribution < -0.4 is 5.32 Å². The summed E-state index contributed by atoms with van der Waals surface area (Å²) in [4.78, 5) is 4.19. The van der Waals surface area contributed by atoms with E-state index >= 15 is 0 Å². The van der Waals surface area contributed by atoms with Gasteiger partial charge in [0.05, 0.1) is 11.2 Å². The van der Waals surface area contributed by atoms with Crippen molar-refractivity contribution >= 4 is 11.3 Å².